The van der Waals surface area contributed by atoms with Crippen molar-refractivity contribution in [3.8, 4) is 0 Å². The van der Waals surface area contributed by atoms with Crippen LogP contribution >= 0.6 is 0 Å². The van der Waals surface area contributed by atoms with Crippen LogP contribution in [0.25, 0.3) is 0 Å². The lowest BCUT2D eigenvalue weighted by Crippen LogP contribution is -2.61. The second kappa shape index (κ2) is 7.31. The van der Waals surface area contributed by atoms with Crippen molar-refractivity contribution in [2.75, 3.05) is 13.6 Å². The Balaban J connectivity index is 5.38. The van der Waals surface area contributed by atoms with Gasteiger partial charge in [0.05, 0.1) is 0 Å². The minimum absolute atomic E-state index is 0.863. The molecule has 20 heavy (non-hydrogen) atoms. The second-order valence-corrected chi connectivity index (χ2v) is 25.2. The minimum Gasteiger partial charge on any atom is -0.417 e. The van der Waals surface area contributed by atoms with Gasteiger partial charge in [0.2, 0.25) is 0 Å². The zero-order valence-electron chi connectivity index (χ0n) is 15.1. The molecule has 122 valence electrons. The van der Waals surface area contributed by atoms with Crippen molar-refractivity contribution in [1.82, 2.24) is 5.32 Å². The van der Waals surface area contributed by atoms with Gasteiger partial charge >= 0.3 is 8.80 Å². The Labute approximate surface area is 130 Å². The molecule has 0 bridgehead atoms. The van der Waals surface area contributed by atoms with Gasteiger partial charge in [-0.15, -0.1) is 0 Å². The predicted molar refractivity (Wildman–Crippen MR) is 97.8 cm³/mol. The third kappa shape index (κ3) is 10.4. The lowest BCUT2D eigenvalue weighted by atomic mass is 10.8. The molecular formula is C12H35NO3Si4. The smallest absolute Gasteiger partial charge is 0.417 e. The van der Waals surface area contributed by atoms with Crippen molar-refractivity contribution in [2.45, 2.75) is 65.0 Å². The average molecular weight is 354 g/mol. The summed E-state index contributed by atoms with van der Waals surface area (Å²) < 4.78 is 19.6. The third-order valence-electron chi connectivity index (χ3n) is 2.07. The summed E-state index contributed by atoms with van der Waals surface area (Å²) in [4.78, 5) is 0. The van der Waals surface area contributed by atoms with Gasteiger partial charge in [0, 0.05) is 6.04 Å². The van der Waals surface area contributed by atoms with Gasteiger partial charge < -0.3 is 17.7 Å². The van der Waals surface area contributed by atoms with Crippen LogP contribution in [0.1, 0.15) is 0 Å². The summed E-state index contributed by atoms with van der Waals surface area (Å²) in [6.45, 7) is 20.8. The first-order chi connectivity index (χ1) is 8.68. The highest BCUT2D eigenvalue weighted by molar-refractivity contribution is 6.90. The molecule has 0 fully saturated rings. The summed E-state index contributed by atoms with van der Waals surface area (Å²) in [5.41, 5.74) is 0. The Hall–Kier alpha value is 0.708. The van der Waals surface area contributed by atoms with Crippen LogP contribution in [0.2, 0.25) is 65.0 Å². The van der Waals surface area contributed by atoms with E-state index in [2.05, 4.69) is 64.2 Å². The molecule has 0 unspecified atom stereocenters. The molecule has 0 aliphatic rings. The van der Waals surface area contributed by atoms with E-state index in [0.717, 1.165) is 12.6 Å². The van der Waals surface area contributed by atoms with Gasteiger partial charge in [-0.25, -0.2) is 0 Å². The maximum atomic E-state index is 6.54. The maximum Gasteiger partial charge on any atom is 0.470 e. The SMILES string of the molecule is CNCC[Si](O[Si](C)(C)C)(O[Si](C)(C)C)O[Si](C)(C)C. The van der Waals surface area contributed by atoms with E-state index in [-0.39, 0.29) is 0 Å². The molecule has 0 radical (unpaired) electrons. The zero-order valence-corrected chi connectivity index (χ0v) is 19.1. The van der Waals surface area contributed by atoms with E-state index in [1.54, 1.807) is 0 Å². The van der Waals surface area contributed by atoms with E-state index < -0.39 is 33.8 Å². The van der Waals surface area contributed by atoms with Gasteiger partial charge in [0.25, 0.3) is 0 Å². The molecule has 0 spiro atoms. The molecule has 0 saturated heterocycles. The lowest BCUT2D eigenvalue weighted by molar-refractivity contribution is 0.251. The number of hydrogen-bond donors (Lipinski definition) is 1. The van der Waals surface area contributed by atoms with Crippen molar-refractivity contribution >= 4 is 33.8 Å². The molecule has 0 saturated carbocycles. The van der Waals surface area contributed by atoms with Crippen LogP contribution in [-0.4, -0.2) is 47.3 Å². The molecule has 0 aromatic carbocycles. The van der Waals surface area contributed by atoms with Crippen LogP contribution in [0.5, 0.6) is 0 Å². The van der Waals surface area contributed by atoms with Crippen LogP contribution in [0.4, 0.5) is 0 Å². The van der Waals surface area contributed by atoms with Crippen molar-refractivity contribution < 1.29 is 12.3 Å². The van der Waals surface area contributed by atoms with Crippen molar-refractivity contribution in [1.29, 1.82) is 0 Å². The first-order valence-electron chi connectivity index (χ1n) is 7.43. The number of hydrogen-bond acceptors (Lipinski definition) is 4. The molecular weight excluding hydrogens is 318 g/mol. The standard InChI is InChI=1S/C12H35NO3Si4/c1-13-11-12-20(14-17(2,3)4,15-18(5,6)7)16-19(8,9)10/h13H,11-12H2,1-10H3. The highest BCUT2D eigenvalue weighted by Crippen LogP contribution is 2.28. The first kappa shape index (κ1) is 20.7. The maximum absolute atomic E-state index is 6.54. The van der Waals surface area contributed by atoms with Crippen molar-refractivity contribution in [3.05, 3.63) is 0 Å². The Morgan fingerprint density at radius 2 is 0.950 bits per heavy atom. The van der Waals surface area contributed by atoms with E-state index in [9.17, 15) is 0 Å². The van der Waals surface area contributed by atoms with Gasteiger partial charge in [0.1, 0.15) is 0 Å². The fourth-order valence-electron chi connectivity index (χ4n) is 1.89. The van der Waals surface area contributed by atoms with Gasteiger partial charge in [-0.1, -0.05) is 0 Å². The Kier molecular flexibility index (Phi) is 7.57. The average Bonchev–Trinajstić information content (AvgIpc) is 2.05. The summed E-state index contributed by atoms with van der Waals surface area (Å²) in [6.07, 6.45) is 0. The summed E-state index contributed by atoms with van der Waals surface area (Å²) in [7, 11) is -5.77. The minimum atomic E-state index is -2.60. The van der Waals surface area contributed by atoms with Gasteiger partial charge in [-0.05, 0) is 72.5 Å². The van der Waals surface area contributed by atoms with Crippen LogP contribution in [0, 0.1) is 0 Å². The third-order valence-corrected chi connectivity index (χ3v) is 14.0. The monoisotopic (exact) mass is 353 g/mol. The van der Waals surface area contributed by atoms with Crippen LogP contribution in [0.15, 0.2) is 0 Å². The fourth-order valence-corrected chi connectivity index (χ4v) is 16.5. The molecule has 0 atom stereocenters. The predicted octanol–water partition coefficient (Wildman–Crippen LogP) is 3.70. The zero-order chi connectivity index (χ0) is 16.2. The molecule has 0 aromatic heterocycles. The van der Waals surface area contributed by atoms with E-state index in [4.69, 9.17) is 12.3 Å². The largest absolute Gasteiger partial charge is 0.470 e. The highest BCUT2D eigenvalue weighted by Gasteiger charge is 2.49. The topological polar surface area (TPSA) is 39.7 Å². The van der Waals surface area contributed by atoms with Gasteiger partial charge in [-0.2, -0.15) is 0 Å². The lowest BCUT2D eigenvalue weighted by Gasteiger charge is -2.42. The highest BCUT2D eigenvalue weighted by atomic mass is 28.5. The van der Waals surface area contributed by atoms with E-state index >= 15 is 0 Å². The molecule has 0 amide bonds. The normalized spacial score (nSPS) is 14.7. The van der Waals surface area contributed by atoms with Crippen molar-refractivity contribution in [2.24, 2.45) is 0 Å². The van der Waals surface area contributed by atoms with Crippen LogP contribution in [-0.2, 0) is 12.3 Å². The molecule has 4 nitrogen and oxygen atoms in total. The quantitative estimate of drug-likeness (QED) is 0.642. The molecule has 1 N–H and O–H groups in total. The number of rotatable bonds is 9. The molecule has 0 aliphatic heterocycles. The molecule has 0 aromatic rings. The Morgan fingerprint density at radius 3 is 1.15 bits per heavy atom. The molecule has 0 heterocycles. The molecule has 0 aliphatic carbocycles. The van der Waals surface area contributed by atoms with Crippen LogP contribution < -0.4 is 5.32 Å². The first-order valence-corrected chi connectivity index (χ1v) is 19.6. The summed E-state index contributed by atoms with van der Waals surface area (Å²) in [5.74, 6) is 0. The van der Waals surface area contributed by atoms with Gasteiger partial charge in [-0.3, -0.25) is 0 Å². The van der Waals surface area contributed by atoms with E-state index in [1.165, 1.54) is 0 Å². The van der Waals surface area contributed by atoms with E-state index in [0.29, 0.717) is 0 Å². The Bertz CT molecular complexity index is 254. The van der Waals surface area contributed by atoms with Crippen LogP contribution in [0.3, 0.4) is 0 Å². The molecule has 0 rings (SSSR count). The summed E-state index contributed by atoms with van der Waals surface area (Å²) in [6, 6.07) is 0.863. The Morgan fingerprint density at radius 1 is 0.650 bits per heavy atom. The molecule has 8 heteroatoms. The summed E-state index contributed by atoms with van der Waals surface area (Å²) >= 11 is 0. The van der Waals surface area contributed by atoms with Gasteiger partial charge in [0.15, 0.2) is 25.0 Å². The summed E-state index contributed by atoms with van der Waals surface area (Å²) in [5, 5.41) is 3.22. The number of nitrogens with one attached hydrogen (secondary N) is 1. The second-order valence-electron chi connectivity index (χ2n) is 8.18. The fraction of sp³-hybridized carbons (Fsp3) is 1.00. The van der Waals surface area contributed by atoms with Crippen molar-refractivity contribution in [3.63, 3.8) is 0 Å². The van der Waals surface area contributed by atoms with E-state index in [1.807, 2.05) is 7.05 Å².